The average molecular weight is 259 g/mol. The van der Waals surface area contributed by atoms with Gasteiger partial charge in [-0.2, -0.15) is 15.0 Å². The fraction of sp³-hybridized carbons (Fsp3) is 0.308. The molecule has 1 atom stereocenters. The lowest BCUT2D eigenvalue weighted by Gasteiger charge is -2.14. The number of rotatable bonds is 5. The van der Waals surface area contributed by atoms with E-state index in [-0.39, 0.29) is 18.0 Å². The normalized spacial score (nSPS) is 11.9. The van der Waals surface area contributed by atoms with E-state index in [1.165, 1.54) is 0 Å². The average Bonchev–Trinajstić information content (AvgIpc) is 2.39. The molecule has 2 aromatic rings. The Morgan fingerprint density at radius 1 is 1.21 bits per heavy atom. The van der Waals surface area contributed by atoms with E-state index in [9.17, 15) is 0 Å². The lowest BCUT2D eigenvalue weighted by atomic mass is 10.1. The molecule has 0 aliphatic rings. The molecule has 0 aliphatic carbocycles. The predicted octanol–water partition coefficient (Wildman–Crippen LogP) is 2.03. The molecule has 6 nitrogen and oxygen atoms in total. The van der Waals surface area contributed by atoms with E-state index in [1.807, 2.05) is 44.2 Å². The van der Waals surface area contributed by atoms with Gasteiger partial charge in [-0.25, -0.2) is 0 Å². The molecule has 0 aliphatic heterocycles. The third kappa shape index (κ3) is 3.54. The van der Waals surface area contributed by atoms with Crippen molar-refractivity contribution in [1.82, 2.24) is 15.0 Å². The van der Waals surface area contributed by atoms with Gasteiger partial charge in [0.05, 0.1) is 12.6 Å². The van der Waals surface area contributed by atoms with Gasteiger partial charge in [-0.05, 0) is 19.4 Å². The highest BCUT2D eigenvalue weighted by atomic mass is 16.5. The van der Waals surface area contributed by atoms with Crippen molar-refractivity contribution in [3.63, 3.8) is 0 Å². The number of nitrogens with two attached hydrogens (primary N) is 1. The van der Waals surface area contributed by atoms with Crippen LogP contribution in [0.15, 0.2) is 30.3 Å². The Bertz CT molecular complexity index is 532. The number of hydrogen-bond acceptors (Lipinski definition) is 6. The van der Waals surface area contributed by atoms with Crippen LogP contribution in [-0.4, -0.2) is 21.6 Å². The number of nitrogens with zero attached hydrogens (tertiary/aromatic N) is 3. The molecule has 3 N–H and O–H groups in total. The Hall–Kier alpha value is -2.37. The summed E-state index contributed by atoms with van der Waals surface area (Å²) in [6, 6.07) is 10.3. The van der Waals surface area contributed by atoms with E-state index < -0.39 is 0 Å². The third-order valence-electron chi connectivity index (χ3n) is 2.55. The van der Waals surface area contributed by atoms with Crippen molar-refractivity contribution in [2.24, 2.45) is 0 Å². The van der Waals surface area contributed by atoms with Crippen LogP contribution in [0.3, 0.4) is 0 Å². The number of ether oxygens (including phenoxy) is 1. The van der Waals surface area contributed by atoms with E-state index in [0.29, 0.717) is 12.6 Å². The summed E-state index contributed by atoms with van der Waals surface area (Å²) in [6.45, 7) is 4.37. The molecule has 0 saturated heterocycles. The minimum atomic E-state index is 0.0671. The van der Waals surface area contributed by atoms with Gasteiger partial charge in [0.1, 0.15) is 0 Å². The SMILES string of the molecule is CCOc1nc(N)nc(NC(C)c2ccccc2)n1. The minimum Gasteiger partial charge on any atom is -0.464 e. The van der Waals surface area contributed by atoms with Crippen molar-refractivity contribution in [1.29, 1.82) is 0 Å². The van der Waals surface area contributed by atoms with Crippen molar-refractivity contribution in [3.8, 4) is 6.01 Å². The molecular formula is C13H17N5O. The van der Waals surface area contributed by atoms with Crippen LogP contribution in [-0.2, 0) is 0 Å². The Balaban J connectivity index is 2.14. The molecule has 100 valence electrons. The van der Waals surface area contributed by atoms with Gasteiger partial charge in [0.15, 0.2) is 0 Å². The predicted molar refractivity (Wildman–Crippen MR) is 73.9 cm³/mol. The molecule has 0 saturated carbocycles. The van der Waals surface area contributed by atoms with Crippen molar-refractivity contribution in [2.45, 2.75) is 19.9 Å². The van der Waals surface area contributed by atoms with E-state index in [1.54, 1.807) is 0 Å². The largest absolute Gasteiger partial charge is 0.464 e. The molecule has 1 unspecified atom stereocenters. The molecule has 0 amide bonds. The molecule has 0 radical (unpaired) electrons. The van der Waals surface area contributed by atoms with Crippen LogP contribution in [0.4, 0.5) is 11.9 Å². The summed E-state index contributed by atoms with van der Waals surface area (Å²) in [4.78, 5) is 12.1. The van der Waals surface area contributed by atoms with Crippen molar-refractivity contribution < 1.29 is 4.74 Å². The van der Waals surface area contributed by atoms with Crippen LogP contribution in [0.5, 0.6) is 6.01 Å². The maximum absolute atomic E-state index is 5.62. The Kier molecular flexibility index (Phi) is 4.12. The summed E-state index contributed by atoms with van der Waals surface area (Å²) in [6.07, 6.45) is 0. The van der Waals surface area contributed by atoms with E-state index in [2.05, 4.69) is 20.3 Å². The first-order valence-electron chi connectivity index (χ1n) is 6.15. The highest BCUT2D eigenvalue weighted by Gasteiger charge is 2.09. The van der Waals surface area contributed by atoms with Crippen molar-refractivity contribution in [3.05, 3.63) is 35.9 Å². The Morgan fingerprint density at radius 3 is 2.63 bits per heavy atom. The zero-order valence-corrected chi connectivity index (χ0v) is 11.0. The molecule has 1 aromatic heterocycles. The summed E-state index contributed by atoms with van der Waals surface area (Å²) in [7, 11) is 0. The summed E-state index contributed by atoms with van der Waals surface area (Å²) in [5, 5.41) is 3.18. The zero-order valence-electron chi connectivity index (χ0n) is 11.0. The monoisotopic (exact) mass is 259 g/mol. The van der Waals surface area contributed by atoms with Gasteiger partial charge in [0.25, 0.3) is 0 Å². The van der Waals surface area contributed by atoms with Gasteiger partial charge in [-0.1, -0.05) is 30.3 Å². The van der Waals surface area contributed by atoms with Gasteiger partial charge in [-0.15, -0.1) is 0 Å². The van der Waals surface area contributed by atoms with E-state index in [0.717, 1.165) is 5.56 Å². The minimum absolute atomic E-state index is 0.0671. The molecule has 0 spiro atoms. The maximum Gasteiger partial charge on any atom is 0.323 e. The first-order valence-corrected chi connectivity index (χ1v) is 6.15. The number of aromatic nitrogens is 3. The van der Waals surface area contributed by atoms with Crippen LogP contribution in [0, 0.1) is 0 Å². The Morgan fingerprint density at radius 2 is 1.95 bits per heavy atom. The highest BCUT2D eigenvalue weighted by molar-refractivity contribution is 5.36. The van der Waals surface area contributed by atoms with Crippen LogP contribution < -0.4 is 15.8 Å². The lowest BCUT2D eigenvalue weighted by Crippen LogP contribution is -2.12. The third-order valence-corrected chi connectivity index (χ3v) is 2.55. The second kappa shape index (κ2) is 5.99. The molecule has 2 rings (SSSR count). The number of nitrogen functional groups attached to an aromatic ring is 1. The first kappa shape index (κ1) is 13.1. The molecule has 6 heteroatoms. The summed E-state index contributed by atoms with van der Waals surface area (Å²) in [5.74, 6) is 0.550. The molecule has 0 fully saturated rings. The van der Waals surface area contributed by atoms with Crippen LogP contribution >= 0.6 is 0 Å². The number of hydrogen-bond donors (Lipinski definition) is 2. The van der Waals surface area contributed by atoms with Gasteiger partial charge < -0.3 is 15.8 Å². The number of anilines is 2. The van der Waals surface area contributed by atoms with E-state index in [4.69, 9.17) is 10.5 Å². The zero-order chi connectivity index (χ0) is 13.7. The molecule has 19 heavy (non-hydrogen) atoms. The first-order chi connectivity index (χ1) is 9.19. The second-order valence-corrected chi connectivity index (χ2v) is 4.01. The highest BCUT2D eigenvalue weighted by Crippen LogP contribution is 2.17. The number of benzene rings is 1. The Labute approximate surface area is 112 Å². The van der Waals surface area contributed by atoms with E-state index >= 15 is 0 Å². The fourth-order valence-electron chi connectivity index (χ4n) is 1.65. The summed E-state index contributed by atoms with van der Waals surface area (Å²) < 4.78 is 5.23. The smallest absolute Gasteiger partial charge is 0.323 e. The van der Waals surface area contributed by atoms with Gasteiger partial charge in [-0.3, -0.25) is 0 Å². The molecule has 1 heterocycles. The molecule has 0 bridgehead atoms. The van der Waals surface area contributed by atoms with Crippen molar-refractivity contribution >= 4 is 11.9 Å². The summed E-state index contributed by atoms with van der Waals surface area (Å²) >= 11 is 0. The quantitative estimate of drug-likeness (QED) is 0.854. The lowest BCUT2D eigenvalue weighted by molar-refractivity contribution is 0.312. The van der Waals surface area contributed by atoms with Gasteiger partial charge in [0.2, 0.25) is 11.9 Å². The van der Waals surface area contributed by atoms with Gasteiger partial charge in [0, 0.05) is 0 Å². The standard InChI is InChI=1S/C13H17N5O/c1-3-19-13-17-11(14)16-12(18-13)15-9(2)10-7-5-4-6-8-10/h4-9H,3H2,1-2H3,(H3,14,15,16,17,18). The summed E-state index contributed by atoms with van der Waals surface area (Å²) in [5.41, 5.74) is 6.76. The van der Waals surface area contributed by atoms with Crippen molar-refractivity contribution in [2.75, 3.05) is 17.7 Å². The molecular weight excluding hydrogens is 242 g/mol. The van der Waals surface area contributed by atoms with Crippen LogP contribution in [0.25, 0.3) is 0 Å². The molecule has 1 aromatic carbocycles. The van der Waals surface area contributed by atoms with Crippen LogP contribution in [0.2, 0.25) is 0 Å². The fourth-order valence-corrected chi connectivity index (χ4v) is 1.65. The topological polar surface area (TPSA) is 86.0 Å². The van der Waals surface area contributed by atoms with Crippen LogP contribution in [0.1, 0.15) is 25.5 Å². The number of nitrogens with one attached hydrogen (secondary N) is 1. The van der Waals surface area contributed by atoms with Gasteiger partial charge >= 0.3 is 6.01 Å². The second-order valence-electron chi connectivity index (χ2n) is 4.01. The maximum atomic E-state index is 5.62.